The SMILES string of the molecule is C=CCN1C(=O)C(c2ccc(C)c(C)c2)=C(N2CCN(c3cccc(C)c3C)CC2)C1=O. The Bertz CT molecular complexity index is 1120. The molecule has 2 amide bonds. The number of amides is 2. The molecule has 166 valence electrons. The van der Waals surface area contributed by atoms with Gasteiger partial charge in [-0.25, -0.2) is 0 Å². The minimum atomic E-state index is -0.231. The lowest BCUT2D eigenvalue weighted by atomic mass is 9.99. The number of hydrogen-bond acceptors (Lipinski definition) is 4. The van der Waals surface area contributed by atoms with Gasteiger partial charge in [0.15, 0.2) is 0 Å². The fourth-order valence-corrected chi connectivity index (χ4v) is 4.56. The van der Waals surface area contributed by atoms with E-state index < -0.39 is 0 Å². The maximum absolute atomic E-state index is 13.3. The molecular formula is C27H31N3O2. The van der Waals surface area contributed by atoms with Crippen LogP contribution >= 0.6 is 0 Å². The van der Waals surface area contributed by atoms with E-state index in [1.54, 1.807) is 6.08 Å². The normalized spacial score (nSPS) is 16.9. The zero-order valence-corrected chi connectivity index (χ0v) is 19.4. The van der Waals surface area contributed by atoms with Gasteiger partial charge in [0.05, 0.1) is 5.57 Å². The Labute approximate surface area is 190 Å². The molecule has 2 aromatic rings. The van der Waals surface area contributed by atoms with E-state index in [-0.39, 0.29) is 18.4 Å². The summed E-state index contributed by atoms with van der Waals surface area (Å²) in [4.78, 5) is 32.4. The number of carbonyl (C=O) groups is 2. The first-order valence-corrected chi connectivity index (χ1v) is 11.2. The van der Waals surface area contributed by atoms with Gasteiger partial charge in [-0.15, -0.1) is 6.58 Å². The minimum Gasteiger partial charge on any atom is -0.368 e. The Morgan fingerprint density at radius 3 is 2.19 bits per heavy atom. The summed E-state index contributed by atoms with van der Waals surface area (Å²) in [6.07, 6.45) is 1.61. The molecule has 0 radical (unpaired) electrons. The van der Waals surface area contributed by atoms with Gasteiger partial charge in [0.25, 0.3) is 11.8 Å². The van der Waals surface area contributed by atoms with Crippen molar-refractivity contribution in [2.24, 2.45) is 0 Å². The molecule has 0 saturated carbocycles. The second kappa shape index (κ2) is 8.65. The summed E-state index contributed by atoms with van der Waals surface area (Å²) in [6.45, 7) is 15.3. The van der Waals surface area contributed by atoms with Crippen LogP contribution in [0.2, 0.25) is 0 Å². The third-order valence-corrected chi connectivity index (χ3v) is 6.76. The summed E-state index contributed by atoms with van der Waals surface area (Å²) < 4.78 is 0. The van der Waals surface area contributed by atoms with Crippen LogP contribution in [0.5, 0.6) is 0 Å². The van der Waals surface area contributed by atoms with E-state index in [1.807, 2.05) is 32.0 Å². The van der Waals surface area contributed by atoms with Crippen LogP contribution in [0.15, 0.2) is 54.8 Å². The molecule has 2 heterocycles. The first-order chi connectivity index (χ1) is 15.3. The van der Waals surface area contributed by atoms with Gasteiger partial charge >= 0.3 is 0 Å². The van der Waals surface area contributed by atoms with Crippen LogP contribution < -0.4 is 4.90 Å². The van der Waals surface area contributed by atoms with E-state index in [0.717, 1.165) is 29.8 Å². The average Bonchev–Trinajstić information content (AvgIpc) is 3.03. The minimum absolute atomic E-state index is 0.219. The fourth-order valence-electron chi connectivity index (χ4n) is 4.56. The van der Waals surface area contributed by atoms with Crippen LogP contribution in [0.4, 0.5) is 5.69 Å². The van der Waals surface area contributed by atoms with Crippen molar-refractivity contribution in [2.75, 3.05) is 37.6 Å². The second-order valence-electron chi connectivity index (χ2n) is 8.73. The summed E-state index contributed by atoms with van der Waals surface area (Å²) in [5.41, 5.74) is 7.94. The number of hydrogen-bond donors (Lipinski definition) is 0. The molecule has 4 rings (SSSR count). The third-order valence-electron chi connectivity index (χ3n) is 6.76. The average molecular weight is 430 g/mol. The number of anilines is 1. The fraction of sp³-hybridized carbons (Fsp3) is 0.333. The summed E-state index contributed by atoms with van der Waals surface area (Å²) >= 11 is 0. The van der Waals surface area contributed by atoms with E-state index >= 15 is 0 Å². The van der Waals surface area contributed by atoms with Crippen LogP contribution in [-0.2, 0) is 9.59 Å². The van der Waals surface area contributed by atoms with Gasteiger partial charge in [-0.1, -0.05) is 36.4 Å². The van der Waals surface area contributed by atoms with Gasteiger partial charge in [-0.2, -0.15) is 0 Å². The smallest absolute Gasteiger partial charge is 0.278 e. The van der Waals surface area contributed by atoms with Crippen molar-refractivity contribution in [2.45, 2.75) is 27.7 Å². The van der Waals surface area contributed by atoms with Crippen molar-refractivity contribution >= 4 is 23.1 Å². The molecule has 2 aromatic carbocycles. The molecule has 5 nitrogen and oxygen atoms in total. The Balaban J connectivity index is 1.67. The van der Waals surface area contributed by atoms with Crippen molar-refractivity contribution in [3.63, 3.8) is 0 Å². The van der Waals surface area contributed by atoms with Gasteiger partial charge in [0.2, 0.25) is 0 Å². The summed E-state index contributed by atoms with van der Waals surface area (Å²) in [5.74, 6) is -0.451. The standard InChI is InChI=1S/C27H31N3O2/c1-6-12-30-26(31)24(22-11-10-18(2)20(4)17-22)25(27(30)32)29-15-13-28(14-16-29)23-9-7-8-19(3)21(23)5/h6-11,17H,1,12-16H2,2-5H3. The molecule has 0 unspecified atom stereocenters. The molecule has 0 aliphatic carbocycles. The van der Waals surface area contributed by atoms with E-state index in [2.05, 4.69) is 48.4 Å². The van der Waals surface area contributed by atoms with Crippen LogP contribution in [0.25, 0.3) is 5.57 Å². The predicted octanol–water partition coefficient (Wildman–Crippen LogP) is 4.01. The van der Waals surface area contributed by atoms with Crippen LogP contribution in [-0.4, -0.2) is 54.3 Å². The maximum Gasteiger partial charge on any atom is 0.278 e. The lowest BCUT2D eigenvalue weighted by Gasteiger charge is -2.38. The molecule has 5 heteroatoms. The number of imide groups is 1. The zero-order valence-electron chi connectivity index (χ0n) is 19.4. The highest BCUT2D eigenvalue weighted by Gasteiger charge is 2.41. The van der Waals surface area contributed by atoms with Gasteiger partial charge in [-0.3, -0.25) is 14.5 Å². The van der Waals surface area contributed by atoms with Crippen molar-refractivity contribution in [1.29, 1.82) is 0 Å². The highest BCUT2D eigenvalue weighted by molar-refractivity contribution is 6.35. The Kier molecular flexibility index (Phi) is 5.92. The number of piperazine rings is 1. The van der Waals surface area contributed by atoms with Crippen LogP contribution in [0.1, 0.15) is 27.8 Å². The zero-order chi connectivity index (χ0) is 23.0. The number of aryl methyl sites for hydroxylation is 3. The molecule has 2 aliphatic rings. The van der Waals surface area contributed by atoms with Gasteiger partial charge < -0.3 is 9.80 Å². The van der Waals surface area contributed by atoms with Crippen molar-refractivity contribution in [1.82, 2.24) is 9.80 Å². The summed E-state index contributed by atoms with van der Waals surface area (Å²) in [5, 5.41) is 0. The van der Waals surface area contributed by atoms with Crippen molar-refractivity contribution in [3.05, 3.63) is 82.6 Å². The molecule has 0 spiro atoms. The molecule has 1 fully saturated rings. The molecule has 0 atom stereocenters. The Morgan fingerprint density at radius 1 is 0.844 bits per heavy atom. The maximum atomic E-state index is 13.3. The van der Waals surface area contributed by atoms with Crippen LogP contribution in [0.3, 0.4) is 0 Å². The lowest BCUT2D eigenvalue weighted by molar-refractivity contribution is -0.136. The summed E-state index contributed by atoms with van der Waals surface area (Å²) in [7, 11) is 0. The van der Waals surface area contributed by atoms with Gasteiger partial charge in [0.1, 0.15) is 5.70 Å². The third kappa shape index (κ3) is 3.72. The molecular weight excluding hydrogens is 398 g/mol. The Morgan fingerprint density at radius 2 is 1.53 bits per heavy atom. The predicted molar refractivity (Wildman–Crippen MR) is 129 cm³/mol. The highest BCUT2D eigenvalue weighted by Crippen LogP contribution is 2.34. The van der Waals surface area contributed by atoms with E-state index in [1.165, 1.54) is 21.7 Å². The number of nitrogens with zero attached hydrogens (tertiary/aromatic N) is 3. The molecule has 2 aliphatic heterocycles. The quantitative estimate of drug-likeness (QED) is 0.532. The monoisotopic (exact) mass is 429 g/mol. The first kappa shape index (κ1) is 21.9. The Hall–Kier alpha value is -3.34. The number of benzene rings is 2. The topological polar surface area (TPSA) is 43.9 Å². The van der Waals surface area contributed by atoms with Crippen LogP contribution in [0, 0.1) is 27.7 Å². The van der Waals surface area contributed by atoms with E-state index in [0.29, 0.717) is 24.4 Å². The largest absolute Gasteiger partial charge is 0.368 e. The molecule has 1 saturated heterocycles. The van der Waals surface area contributed by atoms with Crippen molar-refractivity contribution in [3.8, 4) is 0 Å². The molecule has 32 heavy (non-hydrogen) atoms. The second-order valence-corrected chi connectivity index (χ2v) is 8.73. The molecule has 0 bridgehead atoms. The summed E-state index contributed by atoms with van der Waals surface area (Å²) in [6, 6.07) is 12.4. The van der Waals surface area contributed by atoms with E-state index in [9.17, 15) is 9.59 Å². The van der Waals surface area contributed by atoms with E-state index in [4.69, 9.17) is 0 Å². The molecule has 0 aromatic heterocycles. The van der Waals surface area contributed by atoms with Crippen molar-refractivity contribution < 1.29 is 9.59 Å². The van der Waals surface area contributed by atoms with Gasteiger partial charge in [-0.05, 0) is 61.6 Å². The first-order valence-electron chi connectivity index (χ1n) is 11.2. The molecule has 0 N–H and O–H groups in total. The highest BCUT2D eigenvalue weighted by atomic mass is 16.2. The van der Waals surface area contributed by atoms with Gasteiger partial charge in [0, 0.05) is 38.4 Å². The lowest BCUT2D eigenvalue weighted by Crippen LogP contribution is -2.47. The number of rotatable bonds is 5. The number of carbonyl (C=O) groups excluding carboxylic acids is 2.